The minimum Gasteiger partial charge on any atom is -0.463 e. The molecule has 0 aromatic heterocycles. The van der Waals surface area contributed by atoms with E-state index >= 15 is 0 Å². The molecule has 1 aliphatic heterocycles. The van der Waals surface area contributed by atoms with Crippen molar-refractivity contribution >= 4 is 5.97 Å². The van der Waals surface area contributed by atoms with Crippen LogP contribution in [-0.2, 0) is 41.7 Å². The second-order valence-electron chi connectivity index (χ2n) is 8.00. The van der Waals surface area contributed by atoms with Gasteiger partial charge in [-0.15, -0.1) is 0 Å². The van der Waals surface area contributed by atoms with Crippen LogP contribution in [0.15, 0.2) is 72.8 Å². The zero-order valence-electron chi connectivity index (χ0n) is 18.9. The van der Waals surface area contributed by atoms with Crippen LogP contribution in [0.4, 0.5) is 0 Å². The maximum absolute atomic E-state index is 12.0. The lowest BCUT2D eigenvalue weighted by molar-refractivity contribution is -0.173. The zero-order chi connectivity index (χ0) is 22.8. The van der Waals surface area contributed by atoms with Gasteiger partial charge in [0.05, 0.1) is 26.4 Å². The van der Waals surface area contributed by atoms with E-state index in [2.05, 4.69) is 0 Å². The highest BCUT2D eigenvalue weighted by atomic mass is 16.8. The van der Waals surface area contributed by atoms with Crippen LogP contribution in [0.1, 0.15) is 31.9 Å². The molecule has 1 saturated heterocycles. The number of hydrogen-bond acceptors (Lipinski definition) is 6. The Labute approximate surface area is 190 Å². The van der Waals surface area contributed by atoms with Crippen molar-refractivity contribution < 1.29 is 28.5 Å². The first-order chi connectivity index (χ1) is 15.5. The first-order valence-electron chi connectivity index (χ1n) is 10.9. The molecule has 0 unspecified atom stereocenters. The zero-order valence-corrected chi connectivity index (χ0v) is 18.9. The molecule has 1 fully saturated rings. The van der Waals surface area contributed by atoms with Crippen molar-refractivity contribution in [3.63, 3.8) is 0 Å². The summed E-state index contributed by atoms with van der Waals surface area (Å²) in [5, 5.41) is 0. The molecule has 3 atom stereocenters. The minimum absolute atomic E-state index is 0.306. The molecule has 1 aliphatic rings. The van der Waals surface area contributed by atoms with Gasteiger partial charge in [-0.2, -0.15) is 0 Å². The highest BCUT2D eigenvalue weighted by Crippen LogP contribution is 2.28. The van der Waals surface area contributed by atoms with Gasteiger partial charge in [-0.3, -0.25) is 0 Å². The van der Waals surface area contributed by atoms with E-state index < -0.39 is 24.0 Å². The molecule has 0 radical (unpaired) electrons. The van der Waals surface area contributed by atoms with Crippen LogP contribution in [0.2, 0.25) is 0 Å². The standard InChI is InChI=1S/C26H32O6/c1-4-28-24(27)16-15-22(29-17-20-11-7-5-8-12-20)25(23-19-31-26(2,3)32-23)30-18-21-13-9-6-10-14-21/h5-16,22-23,25H,4,17-19H2,1-3H3/b16-15+/t22-,23-,25+/m1/s1. The van der Waals surface area contributed by atoms with Gasteiger partial charge in [0.15, 0.2) is 5.79 Å². The van der Waals surface area contributed by atoms with Gasteiger partial charge in [0.25, 0.3) is 0 Å². The van der Waals surface area contributed by atoms with E-state index in [4.69, 9.17) is 23.7 Å². The van der Waals surface area contributed by atoms with Gasteiger partial charge in [-0.25, -0.2) is 4.79 Å². The Kier molecular flexibility index (Phi) is 9.00. The molecule has 0 N–H and O–H groups in total. The van der Waals surface area contributed by atoms with Crippen LogP contribution in [-0.4, -0.2) is 43.3 Å². The van der Waals surface area contributed by atoms with Gasteiger partial charge in [-0.1, -0.05) is 60.7 Å². The molecular formula is C26H32O6. The number of carbonyl (C=O) groups excluding carboxylic acids is 1. The largest absolute Gasteiger partial charge is 0.463 e. The van der Waals surface area contributed by atoms with Crippen LogP contribution >= 0.6 is 0 Å². The molecule has 6 heteroatoms. The predicted octanol–water partition coefficient (Wildman–Crippen LogP) is 4.43. The Balaban J connectivity index is 1.80. The number of carbonyl (C=O) groups is 1. The fraction of sp³-hybridized carbons (Fsp3) is 0.423. The fourth-order valence-electron chi connectivity index (χ4n) is 3.45. The number of ether oxygens (including phenoxy) is 5. The number of rotatable bonds is 11. The minimum atomic E-state index is -0.714. The van der Waals surface area contributed by atoms with Crippen LogP contribution in [0, 0.1) is 0 Å². The Bertz CT molecular complexity index is 849. The first kappa shape index (κ1) is 24.1. The molecule has 0 spiro atoms. The van der Waals surface area contributed by atoms with Crippen LogP contribution in [0.5, 0.6) is 0 Å². The molecule has 2 aromatic rings. The lowest BCUT2D eigenvalue weighted by Gasteiger charge is -2.30. The molecular weight excluding hydrogens is 408 g/mol. The molecule has 0 saturated carbocycles. The summed E-state index contributed by atoms with van der Waals surface area (Å²) in [6.45, 7) is 6.92. The lowest BCUT2D eigenvalue weighted by atomic mass is 10.1. The van der Waals surface area contributed by atoms with Crippen molar-refractivity contribution in [2.24, 2.45) is 0 Å². The molecule has 2 aromatic carbocycles. The molecule has 3 rings (SSSR count). The molecule has 0 amide bonds. The van der Waals surface area contributed by atoms with E-state index in [0.717, 1.165) is 11.1 Å². The Morgan fingerprint density at radius 1 is 1.03 bits per heavy atom. The summed E-state index contributed by atoms with van der Waals surface area (Å²) in [5.41, 5.74) is 2.06. The molecule has 0 bridgehead atoms. The lowest BCUT2D eigenvalue weighted by Crippen LogP contribution is -2.42. The van der Waals surface area contributed by atoms with Gasteiger partial charge in [0.2, 0.25) is 0 Å². The number of benzene rings is 2. The van der Waals surface area contributed by atoms with Crippen molar-refractivity contribution in [2.45, 2.75) is 58.1 Å². The summed E-state index contributed by atoms with van der Waals surface area (Å²) in [6.07, 6.45) is 1.67. The van der Waals surface area contributed by atoms with Crippen molar-refractivity contribution in [3.05, 3.63) is 83.9 Å². The first-order valence-corrected chi connectivity index (χ1v) is 10.9. The van der Waals surface area contributed by atoms with Gasteiger partial charge in [0, 0.05) is 6.08 Å². The summed E-state index contributed by atoms with van der Waals surface area (Å²) < 4.78 is 29.5. The Morgan fingerprint density at radius 2 is 1.62 bits per heavy atom. The van der Waals surface area contributed by atoms with E-state index in [9.17, 15) is 4.79 Å². The molecule has 0 aliphatic carbocycles. The van der Waals surface area contributed by atoms with E-state index in [-0.39, 0.29) is 6.10 Å². The number of esters is 1. The van der Waals surface area contributed by atoms with Gasteiger partial charge >= 0.3 is 5.97 Å². The van der Waals surface area contributed by atoms with E-state index in [1.807, 2.05) is 74.5 Å². The Hall–Kier alpha value is -2.51. The summed E-state index contributed by atoms with van der Waals surface area (Å²) in [4.78, 5) is 12.0. The monoisotopic (exact) mass is 440 g/mol. The maximum Gasteiger partial charge on any atom is 0.330 e. The average molecular weight is 441 g/mol. The Morgan fingerprint density at radius 3 is 2.16 bits per heavy atom. The molecule has 172 valence electrons. The molecule has 6 nitrogen and oxygen atoms in total. The van der Waals surface area contributed by atoms with Crippen LogP contribution in [0.3, 0.4) is 0 Å². The van der Waals surface area contributed by atoms with Crippen molar-refractivity contribution in [3.8, 4) is 0 Å². The van der Waals surface area contributed by atoms with Crippen molar-refractivity contribution in [2.75, 3.05) is 13.2 Å². The average Bonchev–Trinajstić information content (AvgIpc) is 3.16. The highest BCUT2D eigenvalue weighted by Gasteiger charge is 2.41. The predicted molar refractivity (Wildman–Crippen MR) is 121 cm³/mol. The summed E-state index contributed by atoms with van der Waals surface area (Å²) in [7, 11) is 0. The SMILES string of the molecule is CCOC(=O)/C=C/[C@@H](OCc1ccccc1)[C@H](OCc1ccccc1)[C@H]1COC(C)(C)O1. The number of hydrogen-bond donors (Lipinski definition) is 0. The third kappa shape index (κ3) is 7.57. The summed E-state index contributed by atoms with van der Waals surface area (Å²) in [5.74, 6) is -1.14. The van der Waals surface area contributed by atoms with E-state index in [0.29, 0.717) is 26.4 Å². The van der Waals surface area contributed by atoms with Crippen LogP contribution in [0.25, 0.3) is 0 Å². The molecule has 1 heterocycles. The third-order valence-corrected chi connectivity index (χ3v) is 5.00. The van der Waals surface area contributed by atoms with Gasteiger partial charge in [-0.05, 0) is 38.0 Å². The van der Waals surface area contributed by atoms with E-state index in [1.165, 1.54) is 6.08 Å². The van der Waals surface area contributed by atoms with E-state index in [1.54, 1.807) is 13.0 Å². The quantitative estimate of drug-likeness (QED) is 0.381. The fourth-order valence-corrected chi connectivity index (χ4v) is 3.45. The van der Waals surface area contributed by atoms with Gasteiger partial charge in [0.1, 0.15) is 18.3 Å². The summed E-state index contributed by atoms with van der Waals surface area (Å²) in [6, 6.07) is 19.8. The second-order valence-corrected chi connectivity index (χ2v) is 8.00. The maximum atomic E-state index is 12.0. The van der Waals surface area contributed by atoms with Crippen molar-refractivity contribution in [1.29, 1.82) is 0 Å². The normalized spacial score (nSPS) is 19.7. The highest BCUT2D eigenvalue weighted by molar-refractivity contribution is 5.81. The smallest absolute Gasteiger partial charge is 0.330 e. The third-order valence-electron chi connectivity index (χ3n) is 5.00. The van der Waals surface area contributed by atoms with Crippen LogP contribution < -0.4 is 0 Å². The summed E-state index contributed by atoms with van der Waals surface area (Å²) >= 11 is 0. The van der Waals surface area contributed by atoms with Gasteiger partial charge < -0.3 is 23.7 Å². The van der Waals surface area contributed by atoms with Crippen molar-refractivity contribution in [1.82, 2.24) is 0 Å². The second kappa shape index (κ2) is 11.9. The topological polar surface area (TPSA) is 63.2 Å². The molecule has 32 heavy (non-hydrogen) atoms.